The number of ether oxygens (including phenoxy) is 2. The summed E-state index contributed by atoms with van der Waals surface area (Å²) in [6, 6.07) is 8.06. The van der Waals surface area contributed by atoms with Crippen molar-refractivity contribution in [1.29, 1.82) is 0 Å². The summed E-state index contributed by atoms with van der Waals surface area (Å²) >= 11 is 0. The van der Waals surface area contributed by atoms with Crippen molar-refractivity contribution in [2.24, 2.45) is 11.7 Å². The van der Waals surface area contributed by atoms with Crippen molar-refractivity contribution >= 4 is 23.0 Å². The molecule has 12 nitrogen and oxygen atoms in total. The summed E-state index contributed by atoms with van der Waals surface area (Å²) in [4.78, 5) is 20.5. The highest BCUT2D eigenvalue weighted by Crippen LogP contribution is 2.28. The van der Waals surface area contributed by atoms with Crippen LogP contribution in [0.1, 0.15) is 25.3 Å². The van der Waals surface area contributed by atoms with Gasteiger partial charge < -0.3 is 20.5 Å². The molecule has 0 aliphatic heterocycles. The van der Waals surface area contributed by atoms with Gasteiger partial charge >= 0.3 is 0 Å². The molecule has 1 aromatic carbocycles. The van der Waals surface area contributed by atoms with E-state index < -0.39 is 0 Å². The standard InChI is InChI=1S/C24H29N9O3/c1-35-13-20(14-36-2)32-12-17(10-27-32)15-4-7-19(8-5-15)33-23-21(30-31-33)11-26-24(29-23)28-18-6-3-16(9-18)22(25)34/h4-5,7-8,10-12,16,18,20H,3,6,9,13-14H2,1-2H3,(H2,25,34)(H,26,28,29)/t16-,18?/m1/s1. The molecule has 1 aliphatic carbocycles. The van der Waals surface area contributed by atoms with Gasteiger partial charge in [0, 0.05) is 37.9 Å². The molecule has 1 aliphatic rings. The van der Waals surface area contributed by atoms with E-state index in [-0.39, 0.29) is 23.9 Å². The van der Waals surface area contributed by atoms with E-state index in [4.69, 9.17) is 15.2 Å². The molecule has 2 atom stereocenters. The molecule has 188 valence electrons. The second kappa shape index (κ2) is 10.4. The fourth-order valence-corrected chi connectivity index (χ4v) is 4.59. The van der Waals surface area contributed by atoms with E-state index in [9.17, 15) is 4.79 Å². The van der Waals surface area contributed by atoms with Gasteiger partial charge in [0.15, 0.2) is 11.2 Å². The van der Waals surface area contributed by atoms with Crippen LogP contribution in [0.2, 0.25) is 0 Å². The molecule has 1 amide bonds. The van der Waals surface area contributed by atoms with Crippen molar-refractivity contribution in [1.82, 2.24) is 34.7 Å². The Morgan fingerprint density at radius 3 is 2.61 bits per heavy atom. The van der Waals surface area contributed by atoms with E-state index in [1.807, 2.05) is 41.3 Å². The predicted octanol–water partition coefficient (Wildman–Crippen LogP) is 1.97. The Kier molecular flexibility index (Phi) is 6.87. The van der Waals surface area contributed by atoms with Crippen LogP contribution in [0.25, 0.3) is 28.0 Å². The molecule has 0 radical (unpaired) electrons. The zero-order valence-corrected chi connectivity index (χ0v) is 20.2. The number of nitrogens with one attached hydrogen (secondary N) is 1. The second-order valence-corrected chi connectivity index (χ2v) is 8.98. The molecule has 5 rings (SSSR count). The lowest BCUT2D eigenvalue weighted by molar-refractivity contribution is -0.121. The van der Waals surface area contributed by atoms with Gasteiger partial charge in [0.2, 0.25) is 11.9 Å². The highest BCUT2D eigenvalue weighted by atomic mass is 16.5. The summed E-state index contributed by atoms with van der Waals surface area (Å²) < 4.78 is 14.1. The monoisotopic (exact) mass is 491 g/mol. The molecule has 1 fully saturated rings. The lowest BCUT2D eigenvalue weighted by atomic mass is 10.1. The maximum absolute atomic E-state index is 11.5. The predicted molar refractivity (Wildman–Crippen MR) is 132 cm³/mol. The molecule has 36 heavy (non-hydrogen) atoms. The minimum atomic E-state index is -0.251. The molecule has 12 heteroatoms. The zero-order chi connectivity index (χ0) is 25.1. The fourth-order valence-electron chi connectivity index (χ4n) is 4.59. The average molecular weight is 492 g/mol. The van der Waals surface area contributed by atoms with Crippen LogP contribution in [0.3, 0.4) is 0 Å². The topological polar surface area (TPSA) is 148 Å². The van der Waals surface area contributed by atoms with Crippen molar-refractivity contribution in [3.05, 3.63) is 42.9 Å². The second-order valence-electron chi connectivity index (χ2n) is 8.98. The third-order valence-corrected chi connectivity index (χ3v) is 6.50. The van der Waals surface area contributed by atoms with E-state index in [0.717, 1.165) is 29.7 Å². The number of fused-ring (bicyclic) bond motifs is 1. The number of anilines is 1. The van der Waals surface area contributed by atoms with Crippen molar-refractivity contribution in [2.75, 3.05) is 32.8 Å². The Morgan fingerprint density at radius 2 is 1.92 bits per heavy atom. The van der Waals surface area contributed by atoms with Crippen LogP contribution in [0.5, 0.6) is 0 Å². The summed E-state index contributed by atoms with van der Waals surface area (Å²) in [6.07, 6.45) is 7.77. The molecular weight excluding hydrogens is 462 g/mol. The number of nitrogens with two attached hydrogens (primary N) is 1. The van der Waals surface area contributed by atoms with Crippen LogP contribution in [0.4, 0.5) is 5.95 Å². The first kappa shape index (κ1) is 23.8. The van der Waals surface area contributed by atoms with Gasteiger partial charge in [-0.2, -0.15) is 14.8 Å². The fraction of sp³-hybridized carbons (Fsp3) is 0.417. The Morgan fingerprint density at radius 1 is 1.14 bits per heavy atom. The number of benzene rings is 1. The molecule has 3 aromatic heterocycles. The van der Waals surface area contributed by atoms with E-state index in [2.05, 4.69) is 30.7 Å². The molecule has 0 spiro atoms. The molecule has 1 saturated carbocycles. The molecular formula is C24H29N9O3. The summed E-state index contributed by atoms with van der Waals surface area (Å²) in [7, 11) is 3.33. The highest BCUT2D eigenvalue weighted by Gasteiger charge is 2.29. The Hall–Kier alpha value is -3.90. The van der Waals surface area contributed by atoms with Crippen LogP contribution in [0.15, 0.2) is 42.9 Å². The van der Waals surface area contributed by atoms with Crippen LogP contribution in [-0.2, 0) is 14.3 Å². The van der Waals surface area contributed by atoms with Gasteiger partial charge in [0.05, 0.1) is 37.3 Å². The third kappa shape index (κ3) is 4.90. The number of rotatable bonds is 10. The smallest absolute Gasteiger partial charge is 0.225 e. The number of primary amides is 1. The van der Waals surface area contributed by atoms with Gasteiger partial charge in [-0.25, -0.2) is 4.98 Å². The zero-order valence-electron chi connectivity index (χ0n) is 20.2. The highest BCUT2D eigenvalue weighted by molar-refractivity contribution is 5.77. The van der Waals surface area contributed by atoms with E-state index in [1.54, 1.807) is 25.1 Å². The van der Waals surface area contributed by atoms with Crippen molar-refractivity contribution < 1.29 is 14.3 Å². The number of carbonyl (C=O) groups is 1. The van der Waals surface area contributed by atoms with E-state index in [0.29, 0.717) is 36.7 Å². The van der Waals surface area contributed by atoms with Crippen molar-refractivity contribution in [3.8, 4) is 16.8 Å². The van der Waals surface area contributed by atoms with Gasteiger partial charge in [0.25, 0.3) is 0 Å². The van der Waals surface area contributed by atoms with E-state index in [1.165, 1.54) is 0 Å². The number of methoxy groups -OCH3 is 2. The third-order valence-electron chi connectivity index (χ3n) is 6.50. The minimum Gasteiger partial charge on any atom is -0.382 e. The first-order valence-corrected chi connectivity index (χ1v) is 11.8. The summed E-state index contributed by atoms with van der Waals surface area (Å²) in [5.41, 5.74) is 9.47. The van der Waals surface area contributed by atoms with Gasteiger partial charge in [-0.3, -0.25) is 9.48 Å². The number of amides is 1. The quantitative estimate of drug-likeness (QED) is 0.340. The van der Waals surface area contributed by atoms with Crippen LogP contribution in [-0.4, -0.2) is 74.1 Å². The Bertz CT molecular complexity index is 1330. The number of carbonyl (C=O) groups excluding carboxylic acids is 1. The lowest BCUT2D eigenvalue weighted by Gasteiger charge is -2.15. The first-order chi connectivity index (χ1) is 17.6. The summed E-state index contributed by atoms with van der Waals surface area (Å²) in [5.74, 6) is 0.125. The molecule has 3 heterocycles. The lowest BCUT2D eigenvalue weighted by Crippen LogP contribution is -2.23. The van der Waals surface area contributed by atoms with Crippen LogP contribution in [0, 0.1) is 5.92 Å². The summed E-state index contributed by atoms with van der Waals surface area (Å²) in [5, 5.41) is 16.3. The number of hydrogen-bond donors (Lipinski definition) is 2. The number of nitrogens with zero attached hydrogens (tertiary/aromatic N) is 7. The van der Waals surface area contributed by atoms with Crippen molar-refractivity contribution in [3.63, 3.8) is 0 Å². The van der Waals surface area contributed by atoms with Gasteiger partial charge in [-0.05, 0) is 37.0 Å². The van der Waals surface area contributed by atoms with Gasteiger partial charge in [-0.15, -0.1) is 5.10 Å². The van der Waals surface area contributed by atoms with Crippen molar-refractivity contribution in [2.45, 2.75) is 31.3 Å². The average Bonchev–Trinajstić information content (AvgIpc) is 3.64. The Balaban J connectivity index is 1.34. The number of hydrogen-bond acceptors (Lipinski definition) is 9. The first-order valence-electron chi connectivity index (χ1n) is 11.8. The largest absolute Gasteiger partial charge is 0.382 e. The van der Waals surface area contributed by atoms with Gasteiger partial charge in [-0.1, -0.05) is 17.3 Å². The SMILES string of the molecule is COCC(COC)n1cc(-c2ccc(-n3nnc4cnc(NC5CC[C@@H](C(N)=O)C5)nc43)cc2)cn1. The summed E-state index contributed by atoms with van der Waals surface area (Å²) in [6.45, 7) is 1.02. The number of aromatic nitrogens is 7. The molecule has 1 unspecified atom stereocenters. The maximum Gasteiger partial charge on any atom is 0.225 e. The van der Waals surface area contributed by atoms with Crippen LogP contribution >= 0.6 is 0 Å². The minimum absolute atomic E-state index is 0.00272. The Labute approximate surface area is 207 Å². The molecule has 0 saturated heterocycles. The molecule has 4 aromatic rings. The molecule has 0 bridgehead atoms. The van der Waals surface area contributed by atoms with E-state index >= 15 is 0 Å². The maximum atomic E-state index is 11.5. The normalized spacial score (nSPS) is 17.8. The van der Waals surface area contributed by atoms with Gasteiger partial charge in [0.1, 0.15) is 0 Å². The molecule has 3 N–H and O–H groups in total. The van der Waals surface area contributed by atoms with Crippen LogP contribution < -0.4 is 11.1 Å².